The maximum absolute atomic E-state index is 12.5. The van der Waals surface area contributed by atoms with Crippen molar-refractivity contribution in [2.24, 2.45) is 11.7 Å². The van der Waals surface area contributed by atoms with Crippen LogP contribution in [0.4, 0.5) is 0 Å². The number of ether oxygens (including phenoxy) is 2. The molecule has 2 rings (SSSR count). The molecule has 0 saturated heterocycles. The third kappa shape index (κ3) is 9.36. The molecule has 6 nitrogen and oxygen atoms in total. The lowest BCUT2D eigenvalue weighted by Crippen LogP contribution is -2.24. The number of carbonyl (C=O) groups excluding carboxylic acids is 2. The number of nitrogens with two attached hydrogens (primary N) is 1. The fourth-order valence-corrected chi connectivity index (χ4v) is 2.90. The molecule has 3 N–H and O–H groups in total. The number of aliphatic hydroxyl groups excluding tert-OH is 1. The number of hydrogen-bond acceptors (Lipinski definition) is 6. The smallest absolute Gasteiger partial charge is 0.309 e. The molecule has 0 aliphatic carbocycles. The molecule has 0 aromatic heterocycles. The predicted octanol–water partition coefficient (Wildman–Crippen LogP) is 3.32. The molecule has 2 atom stereocenters. The summed E-state index contributed by atoms with van der Waals surface area (Å²) in [4.78, 5) is 24.4. The van der Waals surface area contributed by atoms with E-state index in [-0.39, 0.29) is 31.6 Å². The Hall–Kier alpha value is -2.70. The highest BCUT2D eigenvalue weighted by molar-refractivity contribution is 5.73. The van der Waals surface area contributed by atoms with Crippen LogP contribution >= 0.6 is 0 Å². The fraction of sp³-hybridized carbons (Fsp3) is 0.391. The van der Waals surface area contributed by atoms with Crippen molar-refractivity contribution in [3.63, 3.8) is 0 Å². The van der Waals surface area contributed by atoms with Gasteiger partial charge in [0.25, 0.3) is 0 Å². The van der Waals surface area contributed by atoms with E-state index in [4.69, 9.17) is 15.2 Å². The van der Waals surface area contributed by atoms with Gasteiger partial charge >= 0.3 is 11.9 Å². The fourth-order valence-electron chi connectivity index (χ4n) is 2.90. The number of esters is 2. The predicted molar refractivity (Wildman–Crippen MR) is 109 cm³/mol. The van der Waals surface area contributed by atoms with Crippen molar-refractivity contribution >= 4 is 11.9 Å². The molecule has 0 fully saturated rings. The van der Waals surface area contributed by atoms with E-state index in [0.717, 1.165) is 11.1 Å². The van der Waals surface area contributed by atoms with Crippen LogP contribution in [0.2, 0.25) is 0 Å². The van der Waals surface area contributed by atoms with Crippen molar-refractivity contribution in [3.8, 4) is 0 Å². The molecule has 2 aromatic carbocycles. The van der Waals surface area contributed by atoms with Gasteiger partial charge in [0.15, 0.2) is 0 Å². The minimum Gasteiger partial charge on any atom is -0.461 e. The van der Waals surface area contributed by atoms with Crippen LogP contribution in [0.25, 0.3) is 0 Å². The summed E-state index contributed by atoms with van der Waals surface area (Å²) in [6.07, 6.45) is 0.921. The van der Waals surface area contributed by atoms with Gasteiger partial charge in [0.05, 0.1) is 5.92 Å². The number of hydrogen-bond donors (Lipinski definition) is 2. The molecule has 29 heavy (non-hydrogen) atoms. The van der Waals surface area contributed by atoms with Crippen LogP contribution in [-0.2, 0) is 32.3 Å². The molecule has 6 heteroatoms. The molecule has 2 unspecified atom stereocenters. The summed E-state index contributed by atoms with van der Waals surface area (Å²) in [5.41, 5.74) is 7.24. The van der Waals surface area contributed by atoms with Crippen molar-refractivity contribution in [3.05, 3.63) is 71.8 Å². The van der Waals surface area contributed by atoms with E-state index < -0.39 is 12.1 Å². The van der Waals surface area contributed by atoms with E-state index in [1.165, 1.54) is 0 Å². The highest BCUT2D eigenvalue weighted by Gasteiger charge is 2.21. The maximum Gasteiger partial charge on any atom is 0.309 e. The first kappa shape index (κ1) is 22.6. The van der Waals surface area contributed by atoms with E-state index in [0.29, 0.717) is 25.7 Å². The van der Waals surface area contributed by atoms with Crippen molar-refractivity contribution in [2.45, 2.75) is 51.5 Å². The van der Waals surface area contributed by atoms with E-state index in [1.807, 2.05) is 60.7 Å². The average molecular weight is 399 g/mol. The Morgan fingerprint density at radius 2 is 1.38 bits per heavy atom. The van der Waals surface area contributed by atoms with Gasteiger partial charge in [0.1, 0.15) is 19.4 Å². The van der Waals surface area contributed by atoms with E-state index in [2.05, 4.69) is 0 Å². The molecule has 0 aliphatic rings. The van der Waals surface area contributed by atoms with Crippen LogP contribution in [0.1, 0.15) is 43.2 Å². The molecule has 0 radical (unpaired) electrons. The number of rotatable bonds is 12. The summed E-state index contributed by atoms with van der Waals surface area (Å²) in [6.45, 7) is 0.433. The van der Waals surface area contributed by atoms with Crippen LogP contribution in [0.15, 0.2) is 60.7 Å². The zero-order valence-corrected chi connectivity index (χ0v) is 16.5. The van der Waals surface area contributed by atoms with E-state index in [1.54, 1.807) is 0 Å². The van der Waals surface area contributed by atoms with Gasteiger partial charge in [0, 0.05) is 6.42 Å². The lowest BCUT2D eigenvalue weighted by atomic mass is 9.96. The Morgan fingerprint density at radius 3 is 1.93 bits per heavy atom. The van der Waals surface area contributed by atoms with Crippen LogP contribution in [0.3, 0.4) is 0 Å². The van der Waals surface area contributed by atoms with Crippen LogP contribution in [0, 0.1) is 5.92 Å². The molecule has 0 bridgehead atoms. The first-order valence-electron chi connectivity index (χ1n) is 9.88. The monoisotopic (exact) mass is 399 g/mol. The van der Waals surface area contributed by atoms with Gasteiger partial charge in [-0.15, -0.1) is 0 Å². The molecule has 0 amide bonds. The SMILES string of the molecule is NC(O)CCC(CCCC(=O)OCc1ccccc1)C(=O)OCc1ccccc1. The molecular formula is C23H29NO5. The van der Waals surface area contributed by atoms with Gasteiger partial charge in [-0.25, -0.2) is 0 Å². The second-order valence-corrected chi connectivity index (χ2v) is 6.97. The molecule has 2 aromatic rings. The van der Waals surface area contributed by atoms with Gasteiger partial charge in [-0.3, -0.25) is 9.59 Å². The Morgan fingerprint density at radius 1 is 0.828 bits per heavy atom. The van der Waals surface area contributed by atoms with Crippen LogP contribution in [0.5, 0.6) is 0 Å². The molecular weight excluding hydrogens is 370 g/mol. The maximum atomic E-state index is 12.5. The normalized spacial score (nSPS) is 12.8. The highest BCUT2D eigenvalue weighted by Crippen LogP contribution is 2.19. The summed E-state index contributed by atoms with van der Waals surface area (Å²) in [6, 6.07) is 18.9. The van der Waals surface area contributed by atoms with Crippen molar-refractivity contribution < 1.29 is 24.2 Å². The number of benzene rings is 2. The Bertz CT molecular complexity index is 733. The lowest BCUT2D eigenvalue weighted by molar-refractivity contribution is -0.151. The van der Waals surface area contributed by atoms with E-state index in [9.17, 15) is 14.7 Å². The third-order valence-electron chi connectivity index (χ3n) is 4.54. The zero-order chi connectivity index (χ0) is 20.9. The summed E-state index contributed by atoms with van der Waals surface area (Å²) in [5.74, 6) is -1.06. The Labute approximate surface area is 171 Å². The first-order valence-corrected chi connectivity index (χ1v) is 9.88. The number of carbonyl (C=O) groups is 2. The Kier molecular flexibility index (Phi) is 9.89. The highest BCUT2D eigenvalue weighted by atomic mass is 16.5. The van der Waals surface area contributed by atoms with Gasteiger partial charge in [-0.05, 0) is 36.8 Å². The van der Waals surface area contributed by atoms with Gasteiger partial charge in [-0.1, -0.05) is 60.7 Å². The summed E-state index contributed by atoms with van der Waals surface area (Å²) < 4.78 is 10.7. The molecule has 0 aliphatic heterocycles. The summed E-state index contributed by atoms with van der Waals surface area (Å²) in [5, 5.41) is 9.33. The second kappa shape index (κ2) is 12.7. The molecule has 0 heterocycles. The standard InChI is InChI=1S/C23H29NO5/c24-21(25)15-14-20(23(27)29-17-19-10-5-2-6-11-19)12-7-13-22(26)28-16-18-8-3-1-4-9-18/h1-6,8-11,20-21,25H,7,12-17,24H2. The largest absolute Gasteiger partial charge is 0.461 e. The van der Waals surface area contributed by atoms with Crippen molar-refractivity contribution in [2.75, 3.05) is 0 Å². The second-order valence-electron chi connectivity index (χ2n) is 6.97. The topological polar surface area (TPSA) is 98.9 Å². The van der Waals surface area contributed by atoms with Crippen LogP contribution in [-0.4, -0.2) is 23.3 Å². The third-order valence-corrected chi connectivity index (χ3v) is 4.54. The van der Waals surface area contributed by atoms with Crippen molar-refractivity contribution in [1.29, 1.82) is 0 Å². The summed E-state index contributed by atoms with van der Waals surface area (Å²) >= 11 is 0. The Balaban J connectivity index is 1.75. The van der Waals surface area contributed by atoms with Gasteiger partial charge < -0.3 is 20.3 Å². The lowest BCUT2D eigenvalue weighted by Gasteiger charge is -2.17. The molecule has 0 spiro atoms. The van der Waals surface area contributed by atoms with E-state index >= 15 is 0 Å². The van der Waals surface area contributed by atoms with Gasteiger partial charge in [-0.2, -0.15) is 0 Å². The summed E-state index contributed by atoms with van der Waals surface area (Å²) in [7, 11) is 0. The molecule has 0 saturated carbocycles. The van der Waals surface area contributed by atoms with Gasteiger partial charge in [0.2, 0.25) is 0 Å². The number of aliphatic hydroxyl groups is 1. The first-order chi connectivity index (χ1) is 14.0. The van der Waals surface area contributed by atoms with Crippen LogP contribution < -0.4 is 5.73 Å². The zero-order valence-electron chi connectivity index (χ0n) is 16.5. The average Bonchev–Trinajstić information content (AvgIpc) is 2.74. The quantitative estimate of drug-likeness (QED) is 0.420. The van der Waals surface area contributed by atoms with Crippen molar-refractivity contribution in [1.82, 2.24) is 0 Å². The minimum absolute atomic E-state index is 0.195. The minimum atomic E-state index is -0.977. The molecule has 156 valence electrons.